The molecule has 2 heterocycles. The van der Waals surface area contributed by atoms with Gasteiger partial charge in [-0.3, -0.25) is 4.79 Å². The van der Waals surface area contributed by atoms with Gasteiger partial charge >= 0.3 is 0 Å². The molecule has 0 fully saturated rings. The van der Waals surface area contributed by atoms with Gasteiger partial charge in [-0.15, -0.1) is 11.7 Å². The minimum absolute atomic E-state index is 0.386. The molecule has 5 heteroatoms. The van der Waals surface area contributed by atoms with Crippen LogP contribution < -0.4 is 0 Å². The number of carbonyl (C=O) groups excluding carboxylic acids is 1. The van der Waals surface area contributed by atoms with Crippen LogP contribution in [0.4, 0.5) is 0 Å². The predicted octanol–water partition coefficient (Wildman–Crippen LogP) is 2.35. The van der Waals surface area contributed by atoms with Crippen LogP contribution in [0, 0.1) is 0 Å². The monoisotopic (exact) mass is 266 g/mol. The second kappa shape index (κ2) is 5.13. The summed E-state index contributed by atoms with van der Waals surface area (Å²) in [5.41, 5.74) is 3.40. The van der Waals surface area contributed by atoms with Gasteiger partial charge in [-0.25, -0.2) is 4.68 Å². The van der Waals surface area contributed by atoms with Gasteiger partial charge in [0.1, 0.15) is 5.69 Å². The first-order chi connectivity index (χ1) is 9.83. The predicted molar refractivity (Wildman–Crippen MR) is 76.7 cm³/mol. The fourth-order valence-electron chi connectivity index (χ4n) is 2.35. The van der Waals surface area contributed by atoms with E-state index >= 15 is 0 Å². The standard InChI is InChI=1S/C15H14N4O/c1-2-7-19-15(14(10-20)17-18-19)8-11-9-16-13-6-4-3-5-12(11)13/h2-6,9-10,16H,1,7-8H2. The van der Waals surface area contributed by atoms with Gasteiger partial charge in [-0.1, -0.05) is 29.5 Å². The van der Waals surface area contributed by atoms with Crippen molar-refractivity contribution in [1.29, 1.82) is 0 Å². The average molecular weight is 266 g/mol. The second-order valence-corrected chi connectivity index (χ2v) is 4.55. The smallest absolute Gasteiger partial charge is 0.172 e. The molecule has 0 unspecified atom stereocenters. The number of hydrogen-bond donors (Lipinski definition) is 1. The van der Waals surface area contributed by atoms with E-state index in [1.807, 2.05) is 24.4 Å². The van der Waals surface area contributed by atoms with Gasteiger partial charge in [-0.05, 0) is 11.6 Å². The summed E-state index contributed by atoms with van der Waals surface area (Å²) in [5.74, 6) is 0. The first-order valence-corrected chi connectivity index (χ1v) is 6.37. The van der Waals surface area contributed by atoms with Gasteiger partial charge < -0.3 is 4.98 Å². The highest BCUT2D eigenvalue weighted by Crippen LogP contribution is 2.21. The van der Waals surface area contributed by atoms with Gasteiger partial charge in [0, 0.05) is 23.5 Å². The molecule has 0 saturated heterocycles. The van der Waals surface area contributed by atoms with Crippen molar-refractivity contribution in [3.63, 3.8) is 0 Å². The Labute approximate surface area is 115 Å². The molecule has 0 atom stereocenters. The molecule has 0 spiro atoms. The van der Waals surface area contributed by atoms with Gasteiger partial charge in [0.25, 0.3) is 0 Å². The van der Waals surface area contributed by atoms with E-state index in [0.29, 0.717) is 18.7 Å². The number of nitrogens with one attached hydrogen (secondary N) is 1. The Bertz CT molecular complexity index is 769. The minimum atomic E-state index is 0.386. The SMILES string of the molecule is C=CCn1nnc(C=O)c1Cc1c[nH]c2ccccc12. The molecule has 100 valence electrons. The molecule has 2 aromatic heterocycles. The minimum Gasteiger partial charge on any atom is -0.361 e. The molecule has 1 aromatic carbocycles. The van der Waals surface area contributed by atoms with E-state index in [-0.39, 0.29) is 0 Å². The number of H-pyrrole nitrogens is 1. The molecule has 3 aromatic rings. The highest BCUT2D eigenvalue weighted by atomic mass is 16.1. The molecule has 0 aliphatic carbocycles. The number of benzene rings is 1. The highest BCUT2D eigenvalue weighted by molar-refractivity contribution is 5.83. The maximum atomic E-state index is 11.1. The number of nitrogens with zero attached hydrogens (tertiary/aromatic N) is 3. The van der Waals surface area contributed by atoms with Crippen LogP contribution in [0.2, 0.25) is 0 Å². The van der Waals surface area contributed by atoms with Crippen molar-refractivity contribution in [2.75, 3.05) is 0 Å². The lowest BCUT2D eigenvalue weighted by Gasteiger charge is -2.03. The summed E-state index contributed by atoms with van der Waals surface area (Å²) in [6.45, 7) is 4.24. The Kier molecular flexibility index (Phi) is 3.16. The number of allylic oxidation sites excluding steroid dienone is 1. The van der Waals surface area contributed by atoms with Gasteiger partial charge in [0.05, 0.1) is 12.2 Å². The number of rotatable bonds is 5. The maximum Gasteiger partial charge on any atom is 0.172 e. The number of fused-ring (bicyclic) bond motifs is 1. The van der Waals surface area contributed by atoms with E-state index in [1.165, 1.54) is 0 Å². The van der Waals surface area contributed by atoms with Crippen LogP contribution in [0.3, 0.4) is 0 Å². The topological polar surface area (TPSA) is 63.6 Å². The van der Waals surface area contributed by atoms with Crippen LogP contribution in [0.25, 0.3) is 10.9 Å². The van der Waals surface area contributed by atoms with Crippen LogP contribution in [-0.4, -0.2) is 26.3 Å². The van der Waals surface area contributed by atoms with Gasteiger partial charge in [0.2, 0.25) is 0 Å². The first kappa shape index (κ1) is 12.3. The molecule has 20 heavy (non-hydrogen) atoms. The van der Waals surface area contributed by atoms with Crippen LogP contribution in [0.1, 0.15) is 21.7 Å². The summed E-state index contributed by atoms with van der Waals surface area (Å²) in [4.78, 5) is 14.3. The normalized spacial score (nSPS) is 10.8. The molecule has 1 N–H and O–H groups in total. The van der Waals surface area contributed by atoms with Crippen molar-refractivity contribution >= 4 is 17.2 Å². The van der Waals surface area contributed by atoms with Gasteiger partial charge in [0.15, 0.2) is 6.29 Å². The Morgan fingerprint density at radius 2 is 2.20 bits per heavy atom. The third-order valence-corrected chi connectivity index (χ3v) is 3.31. The number of para-hydroxylation sites is 1. The number of carbonyl (C=O) groups is 1. The third-order valence-electron chi connectivity index (χ3n) is 3.31. The van der Waals surface area contributed by atoms with E-state index in [0.717, 1.165) is 28.4 Å². The number of aromatic amines is 1. The van der Waals surface area contributed by atoms with E-state index in [9.17, 15) is 4.79 Å². The fourth-order valence-corrected chi connectivity index (χ4v) is 2.35. The van der Waals surface area contributed by atoms with Crippen molar-refractivity contribution in [1.82, 2.24) is 20.0 Å². The lowest BCUT2D eigenvalue weighted by molar-refractivity contribution is 0.111. The number of aromatic nitrogens is 4. The van der Waals surface area contributed by atoms with E-state index < -0.39 is 0 Å². The Balaban J connectivity index is 2.04. The summed E-state index contributed by atoms with van der Waals surface area (Å²) >= 11 is 0. The van der Waals surface area contributed by atoms with E-state index in [4.69, 9.17) is 0 Å². The fraction of sp³-hybridized carbons (Fsp3) is 0.133. The maximum absolute atomic E-state index is 11.1. The van der Waals surface area contributed by atoms with Crippen molar-refractivity contribution < 1.29 is 4.79 Å². The zero-order chi connectivity index (χ0) is 13.9. The lowest BCUT2D eigenvalue weighted by atomic mass is 10.1. The number of hydrogen-bond acceptors (Lipinski definition) is 3. The molecular weight excluding hydrogens is 252 g/mol. The molecule has 0 bridgehead atoms. The van der Waals surface area contributed by atoms with Crippen molar-refractivity contribution in [3.8, 4) is 0 Å². The summed E-state index contributed by atoms with van der Waals surface area (Å²) in [6, 6.07) is 8.07. The number of aldehydes is 1. The third kappa shape index (κ3) is 2.03. The van der Waals surface area contributed by atoms with E-state index in [1.54, 1.807) is 10.8 Å². The van der Waals surface area contributed by atoms with E-state index in [2.05, 4.69) is 27.9 Å². The molecule has 0 saturated carbocycles. The van der Waals surface area contributed by atoms with Crippen LogP contribution in [0.5, 0.6) is 0 Å². The molecule has 5 nitrogen and oxygen atoms in total. The summed E-state index contributed by atoms with van der Waals surface area (Å²) in [7, 11) is 0. The van der Waals surface area contributed by atoms with Crippen molar-refractivity contribution in [2.24, 2.45) is 0 Å². The molecule has 0 radical (unpaired) electrons. The average Bonchev–Trinajstić information content (AvgIpc) is 3.05. The Morgan fingerprint density at radius 1 is 1.35 bits per heavy atom. The van der Waals surface area contributed by atoms with Crippen molar-refractivity contribution in [2.45, 2.75) is 13.0 Å². The molecule has 0 aliphatic rings. The molecule has 0 aliphatic heterocycles. The summed E-state index contributed by atoms with van der Waals surface area (Å²) < 4.78 is 1.71. The zero-order valence-corrected chi connectivity index (χ0v) is 10.9. The Morgan fingerprint density at radius 3 is 3.00 bits per heavy atom. The summed E-state index contributed by atoms with van der Waals surface area (Å²) in [6.07, 6.45) is 5.06. The van der Waals surface area contributed by atoms with Crippen LogP contribution >= 0.6 is 0 Å². The molecular formula is C15H14N4O. The first-order valence-electron chi connectivity index (χ1n) is 6.37. The second-order valence-electron chi connectivity index (χ2n) is 4.55. The van der Waals surface area contributed by atoms with Crippen molar-refractivity contribution in [3.05, 3.63) is 60.1 Å². The molecule has 3 rings (SSSR count). The van der Waals surface area contributed by atoms with Crippen LogP contribution in [0.15, 0.2) is 43.1 Å². The largest absolute Gasteiger partial charge is 0.361 e. The van der Waals surface area contributed by atoms with Crippen LogP contribution in [-0.2, 0) is 13.0 Å². The molecule has 0 amide bonds. The Hall–Kier alpha value is -2.69. The quantitative estimate of drug-likeness (QED) is 0.569. The van der Waals surface area contributed by atoms with Gasteiger partial charge in [-0.2, -0.15) is 0 Å². The zero-order valence-electron chi connectivity index (χ0n) is 10.9. The highest BCUT2D eigenvalue weighted by Gasteiger charge is 2.14. The summed E-state index contributed by atoms with van der Waals surface area (Å²) in [5, 5.41) is 9.04. The lowest BCUT2D eigenvalue weighted by Crippen LogP contribution is -2.05.